The summed E-state index contributed by atoms with van der Waals surface area (Å²) in [5.41, 5.74) is 2.57. The molecule has 2 N–H and O–H groups in total. The van der Waals surface area contributed by atoms with Crippen molar-refractivity contribution in [1.82, 2.24) is 19.7 Å². The number of benzene rings is 2. The standard InChI is InChI=1S/C21H23N5O2S/c1-21(2,3)19-18(14-26(24-19)13-15-9-5-4-6-10-15)29(27,28)25-20-22-16-11-7-8-12-17(16)23-20/h4-12,14H,13H2,1-3H3,(H2,22,23,25). The van der Waals surface area contributed by atoms with Gasteiger partial charge in [-0.1, -0.05) is 63.2 Å². The Hall–Kier alpha value is -3.13. The quantitative estimate of drug-likeness (QED) is 0.523. The van der Waals surface area contributed by atoms with Gasteiger partial charge in [0, 0.05) is 11.6 Å². The molecule has 2 aromatic heterocycles. The van der Waals surface area contributed by atoms with Gasteiger partial charge in [-0.25, -0.2) is 18.1 Å². The van der Waals surface area contributed by atoms with Crippen molar-refractivity contribution in [3.8, 4) is 0 Å². The zero-order valence-corrected chi connectivity index (χ0v) is 17.4. The Morgan fingerprint density at radius 3 is 2.41 bits per heavy atom. The number of hydrogen-bond donors (Lipinski definition) is 2. The Labute approximate surface area is 169 Å². The number of nitrogens with zero attached hydrogens (tertiary/aromatic N) is 3. The predicted molar refractivity (Wildman–Crippen MR) is 113 cm³/mol. The average molecular weight is 410 g/mol. The van der Waals surface area contributed by atoms with Gasteiger partial charge in [-0.3, -0.25) is 4.68 Å². The first kappa shape index (κ1) is 19.2. The van der Waals surface area contributed by atoms with Crippen molar-refractivity contribution < 1.29 is 8.42 Å². The third-order valence-electron chi connectivity index (χ3n) is 4.54. The number of anilines is 1. The van der Waals surface area contributed by atoms with E-state index in [1.165, 1.54) is 0 Å². The summed E-state index contributed by atoms with van der Waals surface area (Å²) in [5.74, 6) is 0.182. The summed E-state index contributed by atoms with van der Waals surface area (Å²) in [6.45, 7) is 6.33. The Morgan fingerprint density at radius 1 is 1.03 bits per heavy atom. The van der Waals surface area contributed by atoms with Crippen molar-refractivity contribution in [2.75, 3.05) is 4.72 Å². The van der Waals surface area contributed by atoms with E-state index in [1.54, 1.807) is 10.9 Å². The smallest absolute Gasteiger partial charge is 0.267 e. The monoisotopic (exact) mass is 409 g/mol. The molecule has 0 aliphatic carbocycles. The van der Waals surface area contributed by atoms with Gasteiger partial charge in [0.15, 0.2) is 0 Å². The Bertz CT molecular complexity index is 1220. The Kier molecular flexibility index (Phi) is 4.66. The summed E-state index contributed by atoms with van der Waals surface area (Å²) in [5, 5.41) is 4.59. The number of rotatable bonds is 5. The molecule has 0 saturated carbocycles. The van der Waals surface area contributed by atoms with Crippen molar-refractivity contribution >= 4 is 27.0 Å². The van der Waals surface area contributed by atoms with E-state index >= 15 is 0 Å². The second-order valence-electron chi connectivity index (χ2n) is 7.98. The minimum Gasteiger partial charge on any atom is -0.323 e. The third kappa shape index (κ3) is 4.02. The van der Waals surface area contributed by atoms with Crippen LogP contribution in [0.4, 0.5) is 5.95 Å². The van der Waals surface area contributed by atoms with E-state index < -0.39 is 15.4 Å². The van der Waals surface area contributed by atoms with E-state index in [9.17, 15) is 8.42 Å². The number of para-hydroxylation sites is 2. The summed E-state index contributed by atoms with van der Waals surface area (Å²) < 4.78 is 30.6. The number of aromatic nitrogens is 4. The molecule has 8 heteroatoms. The fraction of sp³-hybridized carbons (Fsp3) is 0.238. The van der Waals surface area contributed by atoms with Crippen LogP contribution in [0, 0.1) is 0 Å². The fourth-order valence-corrected chi connectivity index (χ4v) is 4.48. The Balaban J connectivity index is 1.71. The zero-order valence-electron chi connectivity index (χ0n) is 16.5. The van der Waals surface area contributed by atoms with Gasteiger partial charge in [0.05, 0.1) is 23.3 Å². The van der Waals surface area contributed by atoms with Crippen LogP contribution in [0.25, 0.3) is 11.0 Å². The summed E-state index contributed by atoms with van der Waals surface area (Å²) >= 11 is 0. The summed E-state index contributed by atoms with van der Waals surface area (Å²) in [7, 11) is -3.87. The second kappa shape index (κ2) is 7.04. The molecule has 0 radical (unpaired) electrons. The van der Waals surface area contributed by atoms with Gasteiger partial charge in [0.25, 0.3) is 10.0 Å². The number of H-pyrrole nitrogens is 1. The summed E-state index contributed by atoms with van der Waals surface area (Å²) in [6, 6.07) is 17.2. The molecule has 0 saturated heterocycles. The van der Waals surface area contributed by atoms with Crippen LogP contribution in [0.15, 0.2) is 65.7 Å². The number of hydrogen-bond acceptors (Lipinski definition) is 4. The molecule has 2 aromatic carbocycles. The highest BCUT2D eigenvalue weighted by atomic mass is 32.2. The molecular weight excluding hydrogens is 386 g/mol. The lowest BCUT2D eigenvalue weighted by molar-refractivity contribution is 0.533. The first-order valence-electron chi connectivity index (χ1n) is 9.32. The van der Waals surface area contributed by atoms with Crippen molar-refractivity contribution in [2.45, 2.75) is 37.6 Å². The number of fused-ring (bicyclic) bond motifs is 1. The number of sulfonamides is 1. The molecule has 150 valence electrons. The number of nitrogens with one attached hydrogen (secondary N) is 2. The highest BCUT2D eigenvalue weighted by Gasteiger charge is 2.30. The predicted octanol–water partition coefficient (Wildman–Crippen LogP) is 3.91. The largest absolute Gasteiger partial charge is 0.323 e. The highest BCUT2D eigenvalue weighted by molar-refractivity contribution is 7.92. The first-order valence-corrected chi connectivity index (χ1v) is 10.8. The minimum atomic E-state index is -3.87. The van der Waals surface area contributed by atoms with Crippen LogP contribution < -0.4 is 4.72 Å². The van der Waals surface area contributed by atoms with Gasteiger partial charge in [-0.2, -0.15) is 5.10 Å². The van der Waals surface area contributed by atoms with Gasteiger partial charge in [-0.05, 0) is 17.7 Å². The molecule has 4 rings (SSSR count). The lowest BCUT2D eigenvalue weighted by Crippen LogP contribution is -2.20. The molecule has 0 fully saturated rings. The maximum absolute atomic E-state index is 13.2. The van der Waals surface area contributed by atoms with E-state index in [2.05, 4.69) is 19.8 Å². The van der Waals surface area contributed by atoms with Crippen LogP contribution in [0.2, 0.25) is 0 Å². The molecule has 7 nitrogen and oxygen atoms in total. The number of imidazole rings is 1. The Morgan fingerprint density at radius 2 is 1.72 bits per heavy atom. The SMILES string of the molecule is CC(C)(C)c1nn(Cc2ccccc2)cc1S(=O)(=O)Nc1nc2ccccc2[nH]1. The summed E-state index contributed by atoms with van der Waals surface area (Å²) in [4.78, 5) is 7.47. The molecule has 0 aliphatic rings. The van der Waals surface area contributed by atoms with Crippen LogP contribution >= 0.6 is 0 Å². The maximum atomic E-state index is 13.2. The molecule has 0 unspecified atom stereocenters. The van der Waals surface area contributed by atoms with Gasteiger partial charge in [0.2, 0.25) is 5.95 Å². The van der Waals surface area contributed by atoms with Gasteiger partial charge in [-0.15, -0.1) is 0 Å². The van der Waals surface area contributed by atoms with Gasteiger partial charge < -0.3 is 4.98 Å². The lowest BCUT2D eigenvalue weighted by atomic mass is 9.92. The molecule has 0 amide bonds. The zero-order chi connectivity index (χ0) is 20.6. The normalized spacial score (nSPS) is 12.4. The van der Waals surface area contributed by atoms with Crippen molar-refractivity contribution in [2.24, 2.45) is 0 Å². The molecule has 0 spiro atoms. The second-order valence-corrected chi connectivity index (χ2v) is 9.63. The van der Waals surface area contributed by atoms with Crippen LogP contribution in [0.5, 0.6) is 0 Å². The van der Waals surface area contributed by atoms with Gasteiger partial charge >= 0.3 is 0 Å². The lowest BCUT2D eigenvalue weighted by Gasteiger charge is -2.17. The average Bonchev–Trinajstić information content (AvgIpc) is 3.26. The third-order valence-corrected chi connectivity index (χ3v) is 5.88. The fourth-order valence-electron chi connectivity index (χ4n) is 3.15. The van der Waals surface area contributed by atoms with E-state index in [1.807, 2.05) is 75.4 Å². The topological polar surface area (TPSA) is 92.7 Å². The molecule has 29 heavy (non-hydrogen) atoms. The van der Waals surface area contributed by atoms with Crippen molar-refractivity contribution in [3.63, 3.8) is 0 Å². The molecule has 2 heterocycles. The van der Waals surface area contributed by atoms with Crippen LogP contribution in [-0.4, -0.2) is 28.2 Å². The van der Waals surface area contributed by atoms with Crippen molar-refractivity contribution in [3.05, 3.63) is 72.1 Å². The molecule has 0 bridgehead atoms. The maximum Gasteiger partial charge on any atom is 0.267 e. The van der Waals surface area contributed by atoms with Crippen molar-refractivity contribution in [1.29, 1.82) is 0 Å². The van der Waals surface area contributed by atoms with Crippen LogP contribution in [0.3, 0.4) is 0 Å². The van der Waals surface area contributed by atoms with E-state index in [0.717, 1.165) is 11.1 Å². The first-order chi connectivity index (χ1) is 13.7. The highest BCUT2D eigenvalue weighted by Crippen LogP contribution is 2.29. The van der Waals surface area contributed by atoms with Crippen LogP contribution in [-0.2, 0) is 22.0 Å². The molecule has 0 atom stereocenters. The van der Waals surface area contributed by atoms with E-state index in [4.69, 9.17) is 0 Å². The molecular formula is C21H23N5O2S. The van der Waals surface area contributed by atoms with Crippen LogP contribution in [0.1, 0.15) is 32.0 Å². The van der Waals surface area contributed by atoms with E-state index in [-0.39, 0.29) is 10.8 Å². The molecule has 4 aromatic rings. The van der Waals surface area contributed by atoms with E-state index in [0.29, 0.717) is 17.8 Å². The summed E-state index contributed by atoms with van der Waals surface area (Å²) in [6.07, 6.45) is 1.58. The minimum absolute atomic E-state index is 0.154. The molecule has 0 aliphatic heterocycles. The number of aromatic amines is 1. The van der Waals surface area contributed by atoms with Gasteiger partial charge in [0.1, 0.15) is 4.90 Å².